The molecule has 2 heterocycles. The van der Waals surface area contributed by atoms with Crippen molar-refractivity contribution >= 4 is 17.5 Å². The van der Waals surface area contributed by atoms with Gasteiger partial charge in [0.2, 0.25) is 0 Å². The van der Waals surface area contributed by atoms with E-state index in [1.807, 2.05) is 12.4 Å². The van der Waals surface area contributed by atoms with Gasteiger partial charge in [0.1, 0.15) is 5.82 Å². The maximum atomic E-state index is 4.42. The number of aliphatic imine (C=N–C) groups is 1. The Morgan fingerprint density at radius 3 is 2.85 bits per heavy atom. The van der Waals surface area contributed by atoms with E-state index in [-0.39, 0.29) is 0 Å². The summed E-state index contributed by atoms with van der Waals surface area (Å²) < 4.78 is 0. The van der Waals surface area contributed by atoms with Crippen LogP contribution in [-0.4, -0.2) is 36.7 Å². The summed E-state index contributed by atoms with van der Waals surface area (Å²) in [7, 11) is 4.11. The third-order valence-electron chi connectivity index (χ3n) is 3.75. The predicted octanol–water partition coefficient (Wildman–Crippen LogP) is 2.06. The fourth-order valence-electron chi connectivity index (χ4n) is 2.98. The van der Waals surface area contributed by atoms with Crippen LogP contribution in [0.4, 0.5) is 0 Å². The summed E-state index contributed by atoms with van der Waals surface area (Å²) in [6.07, 6.45) is 6.13. The smallest absolute Gasteiger partial charge is 0.149 e. The van der Waals surface area contributed by atoms with E-state index in [1.165, 1.54) is 28.1 Å². The second-order valence-electron chi connectivity index (χ2n) is 5.34. The van der Waals surface area contributed by atoms with Crippen molar-refractivity contribution in [3.8, 4) is 0 Å². The largest absolute Gasteiger partial charge is 0.383 e. The van der Waals surface area contributed by atoms with Crippen LogP contribution in [0.15, 0.2) is 53.2 Å². The molecule has 1 N–H and O–H groups in total. The molecule has 0 unspecified atom stereocenters. The maximum absolute atomic E-state index is 4.42. The van der Waals surface area contributed by atoms with Gasteiger partial charge in [-0.25, -0.2) is 4.99 Å². The van der Waals surface area contributed by atoms with Gasteiger partial charge in [-0.2, -0.15) is 0 Å². The van der Waals surface area contributed by atoms with Crippen molar-refractivity contribution in [1.82, 2.24) is 15.1 Å². The van der Waals surface area contributed by atoms with Crippen LogP contribution < -0.4 is 5.32 Å². The first-order chi connectivity index (χ1) is 9.75. The number of nitrogens with zero attached hydrogens (tertiary/aromatic N) is 3. The Morgan fingerprint density at radius 1 is 1.25 bits per heavy atom. The Kier molecular flexibility index (Phi) is 2.27. The van der Waals surface area contributed by atoms with Gasteiger partial charge in [0.05, 0.1) is 17.9 Å². The Morgan fingerprint density at radius 2 is 2.05 bits per heavy atom. The third-order valence-corrected chi connectivity index (χ3v) is 3.75. The van der Waals surface area contributed by atoms with E-state index < -0.39 is 0 Å². The van der Waals surface area contributed by atoms with Gasteiger partial charge in [-0.05, 0) is 5.56 Å². The van der Waals surface area contributed by atoms with Crippen LogP contribution in [0.1, 0.15) is 11.1 Å². The lowest BCUT2D eigenvalue weighted by atomic mass is 10.1. The van der Waals surface area contributed by atoms with Crippen LogP contribution in [0.25, 0.3) is 11.3 Å². The van der Waals surface area contributed by atoms with Crippen LogP contribution in [0.2, 0.25) is 0 Å². The highest BCUT2D eigenvalue weighted by atomic mass is 15.3. The molecular weight excluding hydrogens is 248 g/mol. The highest BCUT2D eigenvalue weighted by Gasteiger charge is 2.34. The van der Waals surface area contributed by atoms with Gasteiger partial charge in [0, 0.05) is 43.8 Å². The van der Waals surface area contributed by atoms with Crippen LogP contribution in [0, 0.1) is 0 Å². The molecule has 0 bridgehead atoms. The summed E-state index contributed by atoms with van der Waals surface area (Å²) >= 11 is 0. The standard InChI is InChI=1S/C16H16N4/c1-19(2)10-13-11-5-3-4-6-12(11)15-16(13)20-8-7-17-14(20)9-18-15/h3-7,9-10,18H,8H2,1-2H3/b13-10+. The van der Waals surface area contributed by atoms with Crippen LogP contribution in [-0.2, 0) is 0 Å². The first-order valence-electron chi connectivity index (χ1n) is 6.75. The summed E-state index contributed by atoms with van der Waals surface area (Å²) in [5.41, 5.74) is 6.21. The topological polar surface area (TPSA) is 30.9 Å². The van der Waals surface area contributed by atoms with Crippen molar-refractivity contribution in [2.45, 2.75) is 0 Å². The second-order valence-corrected chi connectivity index (χ2v) is 5.34. The molecule has 3 aliphatic rings. The maximum Gasteiger partial charge on any atom is 0.149 e. The molecule has 4 heteroatoms. The van der Waals surface area contributed by atoms with Gasteiger partial charge in [-0.1, -0.05) is 24.3 Å². The van der Waals surface area contributed by atoms with E-state index in [9.17, 15) is 0 Å². The zero-order chi connectivity index (χ0) is 13.7. The quantitative estimate of drug-likeness (QED) is 0.842. The molecule has 0 aromatic heterocycles. The Balaban J connectivity index is 1.92. The molecule has 0 radical (unpaired) electrons. The predicted molar refractivity (Wildman–Crippen MR) is 81.4 cm³/mol. The number of hydrogen-bond acceptors (Lipinski definition) is 4. The summed E-state index contributed by atoms with van der Waals surface area (Å²) in [5, 5.41) is 3.41. The van der Waals surface area contributed by atoms with Crippen LogP contribution in [0.5, 0.6) is 0 Å². The molecule has 4 rings (SSSR count). The van der Waals surface area contributed by atoms with Crippen molar-refractivity contribution in [2.75, 3.05) is 20.6 Å². The molecule has 1 aliphatic carbocycles. The lowest BCUT2D eigenvalue weighted by molar-refractivity contribution is 0.510. The number of fused-ring (bicyclic) bond motifs is 4. The molecule has 0 fully saturated rings. The Bertz CT molecular complexity index is 707. The van der Waals surface area contributed by atoms with E-state index in [4.69, 9.17) is 0 Å². The SMILES string of the molecule is CN(C)/C=C1/C2=C(NC=C3N=CCN32)c2ccccc21. The van der Waals surface area contributed by atoms with Crippen molar-refractivity contribution in [1.29, 1.82) is 0 Å². The molecule has 0 saturated carbocycles. The molecule has 1 aromatic carbocycles. The van der Waals surface area contributed by atoms with Crippen molar-refractivity contribution in [3.05, 3.63) is 59.3 Å². The van der Waals surface area contributed by atoms with Crippen LogP contribution >= 0.6 is 0 Å². The van der Waals surface area contributed by atoms with E-state index in [0.29, 0.717) is 0 Å². The van der Waals surface area contributed by atoms with Crippen molar-refractivity contribution in [2.24, 2.45) is 4.99 Å². The van der Waals surface area contributed by atoms with Gasteiger partial charge >= 0.3 is 0 Å². The lowest BCUT2D eigenvalue weighted by Crippen LogP contribution is -2.26. The normalized spacial score (nSPS) is 20.6. The van der Waals surface area contributed by atoms with E-state index >= 15 is 0 Å². The molecular formula is C16H16N4. The van der Waals surface area contributed by atoms with Crippen molar-refractivity contribution in [3.63, 3.8) is 0 Å². The van der Waals surface area contributed by atoms with Gasteiger partial charge < -0.3 is 15.1 Å². The van der Waals surface area contributed by atoms with Crippen LogP contribution in [0.3, 0.4) is 0 Å². The minimum absolute atomic E-state index is 0.838. The fraction of sp³-hybridized carbons (Fsp3) is 0.188. The zero-order valence-corrected chi connectivity index (χ0v) is 11.6. The number of rotatable bonds is 1. The molecule has 1 aromatic rings. The highest BCUT2D eigenvalue weighted by Crippen LogP contribution is 2.45. The molecule has 0 spiro atoms. The fourth-order valence-corrected chi connectivity index (χ4v) is 2.98. The number of benzene rings is 1. The molecule has 0 atom stereocenters. The number of hydrogen-bond donors (Lipinski definition) is 1. The molecule has 20 heavy (non-hydrogen) atoms. The van der Waals surface area contributed by atoms with E-state index in [0.717, 1.165) is 12.4 Å². The summed E-state index contributed by atoms with van der Waals surface area (Å²) in [5.74, 6) is 0.987. The minimum atomic E-state index is 0.838. The highest BCUT2D eigenvalue weighted by molar-refractivity contribution is 6.00. The van der Waals surface area contributed by atoms with Gasteiger partial charge in [-0.3, -0.25) is 0 Å². The first kappa shape index (κ1) is 11.3. The Labute approximate surface area is 118 Å². The molecule has 0 saturated heterocycles. The van der Waals surface area contributed by atoms with Gasteiger partial charge in [0.15, 0.2) is 0 Å². The summed E-state index contributed by atoms with van der Waals surface area (Å²) in [6, 6.07) is 8.53. The molecule has 100 valence electrons. The monoisotopic (exact) mass is 264 g/mol. The summed E-state index contributed by atoms with van der Waals surface area (Å²) in [4.78, 5) is 8.78. The molecule has 2 aliphatic heterocycles. The van der Waals surface area contributed by atoms with Gasteiger partial charge in [-0.15, -0.1) is 0 Å². The average molecular weight is 264 g/mol. The number of nitrogens with one attached hydrogen (secondary N) is 1. The first-order valence-corrected chi connectivity index (χ1v) is 6.75. The van der Waals surface area contributed by atoms with Gasteiger partial charge in [0.25, 0.3) is 0 Å². The van der Waals surface area contributed by atoms with E-state index in [2.05, 4.69) is 64.7 Å². The zero-order valence-electron chi connectivity index (χ0n) is 11.6. The Hall–Kier alpha value is -2.49. The minimum Gasteiger partial charge on any atom is -0.383 e. The molecule has 0 amide bonds. The van der Waals surface area contributed by atoms with Crippen molar-refractivity contribution < 1.29 is 0 Å². The third kappa shape index (κ3) is 1.45. The number of allylic oxidation sites excluding steroid dienone is 1. The lowest BCUT2D eigenvalue weighted by Gasteiger charge is -2.27. The summed E-state index contributed by atoms with van der Waals surface area (Å²) in [6.45, 7) is 0.838. The van der Waals surface area contributed by atoms with E-state index in [1.54, 1.807) is 0 Å². The second kappa shape index (κ2) is 4.00. The molecule has 4 nitrogen and oxygen atoms in total. The average Bonchev–Trinajstić information content (AvgIpc) is 3.02.